The number of rotatable bonds is 6. The van der Waals surface area contributed by atoms with Gasteiger partial charge in [-0.15, -0.1) is 0 Å². The van der Waals surface area contributed by atoms with Crippen LogP contribution in [0.4, 0.5) is 13.2 Å². The Morgan fingerprint density at radius 3 is 2.48 bits per heavy atom. The molecule has 0 saturated heterocycles. The fourth-order valence-corrected chi connectivity index (χ4v) is 2.77. The molecule has 0 spiro atoms. The lowest BCUT2D eigenvalue weighted by Gasteiger charge is -2.16. The summed E-state index contributed by atoms with van der Waals surface area (Å²) in [6, 6.07) is 6.24. The quantitative estimate of drug-likeness (QED) is 0.635. The van der Waals surface area contributed by atoms with Crippen LogP contribution in [0.25, 0.3) is 11.3 Å². The van der Waals surface area contributed by atoms with E-state index < -0.39 is 12.0 Å². The van der Waals surface area contributed by atoms with Gasteiger partial charge >= 0.3 is 6.18 Å². The molecule has 0 N–H and O–H groups in total. The Kier molecular flexibility index (Phi) is 6.27. The number of hydrogen-bond donors (Lipinski definition) is 0. The molecule has 0 aliphatic rings. The van der Waals surface area contributed by atoms with Gasteiger partial charge in [0.05, 0.1) is 17.3 Å². The fraction of sp³-hybridized carbons (Fsp3) is 0.444. The topological polar surface area (TPSA) is 35.0 Å². The van der Waals surface area contributed by atoms with Gasteiger partial charge in [-0.1, -0.05) is 32.4 Å². The van der Waals surface area contributed by atoms with Crippen LogP contribution in [0.1, 0.15) is 33.0 Å². The Morgan fingerprint density at radius 1 is 1.16 bits per heavy atom. The SMILES string of the molecule is CC(C)C[C@H](C)COc1ccc(-c2ccnc(C(F)(F)F)n2)cc1Cl. The Balaban J connectivity index is 2.14. The molecule has 0 unspecified atom stereocenters. The Labute approximate surface area is 150 Å². The van der Waals surface area contributed by atoms with Crippen LogP contribution < -0.4 is 4.74 Å². The van der Waals surface area contributed by atoms with Gasteiger partial charge in [0, 0.05) is 11.8 Å². The molecule has 0 saturated carbocycles. The molecule has 0 fully saturated rings. The van der Waals surface area contributed by atoms with Crippen molar-refractivity contribution in [2.45, 2.75) is 33.4 Å². The third-order valence-electron chi connectivity index (χ3n) is 3.53. The third kappa shape index (κ3) is 5.59. The second-order valence-corrected chi connectivity index (χ2v) is 6.86. The van der Waals surface area contributed by atoms with Gasteiger partial charge in [-0.3, -0.25) is 0 Å². The number of alkyl halides is 3. The highest BCUT2D eigenvalue weighted by molar-refractivity contribution is 6.32. The van der Waals surface area contributed by atoms with Gasteiger partial charge < -0.3 is 4.74 Å². The molecule has 3 nitrogen and oxygen atoms in total. The molecule has 7 heteroatoms. The molecule has 0 amide bonds. The van der Waals surface area contributed by atoms with Crippen molar-refractivity contribution >= 4 is 11.6 Å². The summed E-state index contributed by atoms with van der Waals surface area (Å²) in [6.07, 6.45) is -2.47. The highest BCUT2D eigenvalue weighted by Crippen LogP contribution is 2.32. The lowest BCUT2D eigenvalue weighted by molar-refractivity contribution is -0.144. The molecule has 1 aromatic heterocycles. The van der Waals surface area contributed by atoms with Crippen molar-refractivity contribution in [2.24, 2.45) is 11.8 Å². The summed E-state index contributed by atoms with van der Waals surface area (Å²) in [5.41, 5.74) is 0.629. The molecule has 25 heavy (non-hydrogen) atoms. The zero-order valence-corrected chi connectivity index (χ0v) is 15.0. The van der Waals surface area contributed by atoms with Gasteiger partial charge in [-0.25, -0.2) is 9.97 Å². The average Bonchev–Trinajstić information content (AvgIpc) is 2.52. The summed E-state index contributed by atoms with van der Waals surface area (Å²) in [5, 5.41) is 0.335. The lowest BCUT2D eigenvalue weighted by atomic mass is 10.00. The number of halogens is 4. The van der Waals surface area contributed by atoms with Crippen LogP contribution in [0.2, 0.25) is 5.02 Å². The molecule has 0 aliphatic heterocycles. The van der Waals surface area contributed by atoms with Gasteiger partial charge in [-0.2, -0.15) is 13.2 Å². The van der Waals surface area contributed by atoms with Gasteiger partial charge in [-0.05, 0) is 42.5 Å². The fourth-order valence-electron chi connectivity index (χ4n) is 2.54. The van der Waals surface area contributed by atoms with Crippen molar-refractivity contribution in [1.82, 2.24) is 9.97 Å². The van der Waals surface area contributed by atoms with E-state index >= 15 is 0 Å². The van der Waals surface area contributed by atoms with E-state index in [4.69, 9.17) is 16.3 Å². The third-order valence-corrected chi connectivity index (χ3v) is 3.83. The first-order valence-corrected chi connectivity index (χ1v) is 8.37. The highest BCUT2D eigenvalue weighted by Gasteiger charge is 2.34. The largest absolute Gasteiger partial charge is 0.492 e. The van der Waals surface area contributed by atoms with Gasteiger partial charge in [0.1, 0.15) is 5.75 Å². The van der Waals surface area contributed by atoms with Crippen molar-refractivity contribution in [3.05, 3.63) is 41.3 Å². The van der Waals surface area contributed by atoms with E-state index in [2.05, 4.69) is 30.7 Å². The molecule has 0 aliphatic carbocycles. The predicted molar refractivity (Wildman–Crippen MR) is 91.6 cm³/mol. The summed E-state index contributed by atoms with van der Waals surface area (Å²) in [4.78, 5) is 6.81. The highest BCUT2D eigenvalue weighted by atomic mass is 35.5. The summed E-state index contributed by atoms with van der Waals surface area (Å²) in [5.74, 6) is 0.291. The van der Waals surface area contributed by atoms with Crippen LogP contribution in [-0.4, -0.2) is 16.6 Å². The van der Waals surface area contributed by atoms with Crippen LogP contribution >= 0.6 is 11.6 Å². The number of ether oxygens (including phenoxy) is 1. The molecule has 2 rings (SSSR count). The minimum absolute atomic E-state index is 0.156. The standard InChI is InChI=1S/C18H20ClF3N2O/c1-11(2)8-12(3)10-25-16-5-4-13(9-14(16)19)15-6-7-23-17(24-15)18(20,21)22/h4-7,9,11-12H,8,10H2,1-3H3/t12-/m0/s1. The van der Waals surface area contributed by atoms with Gasteiger partial charge in [0.15, 0.2) is 0 Å². The van der Waals surface area contributed by atoms with Crippen LogP contribution in [-0.2, 0) is 6.18 Å². The summed E-state index contributed by atoms with van der Waals surface area (Å²) in [6.45, 7) is 6.93. The zero-order valence-electron chi connectivity index (χ0n) is 14.3. The minimum Gasteiger partial charge on any atom is -0.492 e. The number of benzene rings is 1. The predicted octanol–water partition coefficient (Wildman–Crippen LogP) is 5.88. The number of nitrogens with zero attached hydrogens (tertiary/aromatic N) is 2. The Morgan fingerprint density at radius 2 is 1.88 bits per heavy atom. The van der Waals surface area contributed by atoms with E-state index in [1.807, 2.05) is 0 Å². The number of hydrogen-bond acceptors (Lipinski definition) is 3. The second-order valence-electron chi connectivity index (χ2n) is 6.45. The molecule has 2 aromatic rings. The first-order valence-electron chi connectivity index (χ1n) is 7.99. The van der Waals surface area contributed by atoms with Crippen molar-refractivity contribution in [2.75, 3.05) is 6.61 Å². The van der Waals surface area contributed by atoms with Gasteiger partial charge in [0.2, 0.25) is 5.82 Å². The van der Waals surface area contributed by atoms with E-state index in [0.29, 0.717) is 34.8 Å². The van der Waals surface area contributed by atoms with Crippen LogP contribution in [0.3, 0.4) is 0 Å². The molecular formula is C18H20ClF3N2O. The molecule has 136 valence electrons. The average molecular weight is 373 g/mol. The first-order chi connectivity index (χ1) is 11.7. The van der Waals surface area contributed by atoms with Crippen molar-refractivity contribution in [1.29, 1.82) is 0 Å². The minimum atomic E-state index is -4.59. The zero-order chi connectivity index (χ0) is 18.6. The van der Waals surface area contributed by atoms with E-state index in [1.165, 1.54) is 6.07 Å². The maximum Gasteiger partial charge on any atom is 0.451 e. The van der Waals surface area contributed by atoms with Crippen molar-refractivity contribution in [3.8, 4) is 17.0 Å². The van der Waals surface area contributed by atoms with Crippen LogP contribution in [0.15, 0.2) is 30.5 Å². The smallest absolute Gasteiger partial charge is 0.451 e. The van der Waals surface area contributed by atoms with Crippen LogP contribution in [0.5, 0.6) is 5.75 Å². The van der Waals surface area contributed by atoms with E-state index in [0.717, 1.165) is 12.6 Å². The Hall–Kier alpha value is -1.82. The molecule has 1 aromatic carbocycles. The van der Waals surface area contributed by atoms with E-state index in [9.17, 15) is 13.2 Å². The van der Waals surface area contributed by atoms with E-state index in [-0.39, 0.29) is 5.69 Å². The molecular weight excluding hydrogens is 353 g/mol. The van der Waals surface area contributed by atoms with Crippen LogP contribution in [0, 0.1) is 11.8 Å². The van der Waals surface area contributed by atoms with E-state index in [1.54, 1.807) is 18.2 Å². The molecule has 0 bridgehead atoms. The van der Waals surface area contributed by atoms with Crippen molar-refractivity contribution in [3.63, 3.8) is 0 Å². The summed E-state index contributed by atoms with van der Waals surface area (Å²) in [7, 11) is 0. The monoisotopic (exact) mass is 372 g/mol. The second kappa shape index (κ2) is 8.04. The maximum absolute atomic E-state index is 12.7. The normalized spacial score (nSPS) is 13.1. The van der Waals surface area contributed by atoms with Gasteiger partial charge in [0.25, 0.3) is 0 Å². The Bertz CT molecular complexity index is 720. The molecule has 1 heterocycles. The van der Waals surface area contributed by atoms with Crippen molar-refractivity contribution < 1.29 is 17.9 Å². The molecule has 1 atom stereocenters. The summed E-state index contributed by atoms with van der Waals surface area (Å²) >= 11 is 6.21. The maximum atomic E-state index is 12.7. The summed E-state index contributed by atoms with van der Waals surface area (Å²) < 4.78 is 43.9. The molecule has 0 radical (unpaired) electrons. The first kappa shape index (κ1) is 19.5. The number of aromatic nitrogens is 2. The lowest BCUT2D eigenvalue weighted by Crippen LogP contribution is -2.11.